The summed E-state index contributed by atoms with van der Waals surface area (Å²) in [6, 6.07) is 6.43. The molecule has 20 heavy (non-hydrogen) atoms. The van der Waals surface area contributed by atoms with Crippen LogP contribution in [0.15, 0.2) is 22.7 Å². The predicted octanol–water partition coefficient (Wildman–Crippen LogP) is 2.67. The van der Waals surface area contributed by atoms with Gasteiger partial charge in [-0.3, -0.25) is 9.69 Å². The number of hydrogen-bond donors (Lipinski definition) is 1. The van der Waals surface area contributed by atoms with Crippen LogP contribution in [0.5, 0.6) is 5.75 Å². The number of nitrogens with zero attached hydrogens (tertiary/aromatic N) is 1. The van der Waals surface area contributed by atoms with E-state index in [1.807, 2.05) is 12.1 Å². The largest absolute Gasteiger partial charge is 0.497 e. The summed E-state index contributed by atoms with van der Waals surface area (Å²) in [7, 11) is 3.72. The number of likely N-dealkylation sites (N-methyl/N-ethyl adjacent to an activating group) is 1. The number of methoxy groups -OCH3 is 1. The number of nitrogens with one attached hydrogen (secondary N) is 1. The quantitative estimate of drug-likeness (QED) is 0.916. The molecule has 1 aromatic rings. The van der Waals surface area contributed by atoms with E-state index in [1.165, 1.54) is 6.42 Å². The third kappa shape index (κ3) is 3.33. The van der Waals surface area contributed by atoms with Crippen LogP contribution in [0.25, 0.3) is 0 Å². The van der Waals surface area contributed by atoms with E-state index in [9.17, 15) is 4.79 Å². The summed E-state index contributed by atoms with van der Waals surface area (Å²) in [4.78, 5) is 14.6. The second-order valence-corrected chi connectivity index (χ2v) is 6.16. The highest BCUT2D eigenvalue weighted by atomic mass is 79.9. The van der Waals surface area contributed by atoms with Crippen molar-refractivity contribution in [2.75, 3.05) is 20.7 Å². The number of halogens is 1. The van der Waals surface area contributed by atoms with Gasteiger partial charge in [-0.1, -0.05) is 0 Å². The van der Waals surface area contributed by atoms with Crippen molar-refractivity contribution in [3.05, 3.63) is 28.2 Å². The van der Waals surface area contributed by atoms with Crippen LogP contribution in [0.3, 0.4) is 0 Å². The lowest BCUT2D eigenvalue weighted by Gasteiger charge is -2.23. The van der Waals surface area contributed by atoms with Crippen LogP contribution in [0.1, 0.15) is 30.1 Å². The molecule has 1 heterocycles. The van der Waals surface area contributed by atoms with E-state index >= 15 is 0 Å². The Morgan fingerprint density at radius 1 is 1.50 bits per heavy atom. The fourth-order valence-corrected chi connectivity index (χ4v) is 2.98. The molecule has 1 saturated heterocycles. The van der Waals surface area contributed by atoms with Gasteiger partial charge >= 0.3 is 0 Å². The van der Waals surface area contributed by atoms with E-state index in [1.54, 1.807) is 13.2 Å². The average molecular weight is 341 g/mol. The number of carbonyl (C=O) groups is 1. The number of benzene rings is 1. The maximum absolute atomic E-state index is 12.3. The molecule has 1 aliphatic heterocycles. The third-order valence-corrected chi connectivity index (χ3v) is 4.80. The molecule has 4 nitrogen and oxygen atoms in total. The highest BCUT2D eigenvalue weighted by Gasteiger charge is 2.27. The fourth-order valence-electron chi connectivity index (χ4n) is 2.56. The second kappa shape index (κ2) is 6.59. The summed E-state index contributed by atoms with van der Waals surface area (Å²) in [6.45, 7) is 2.91. The lowest BCUT2D eigenvalue weighted by atomic mass is 10.1. The van der Waals surface area contributed by atoms with Crippen LogP contribution >= 0.6 is 15.9 Å². The van der Waals surface area contributed by atoms with Crippen molar-refractivity contribution in [2.45, 2.75) is 31.8 Å². The number of amides is 1. The molecule has 0 aliphatic carbocycles. The van der Waals surface area contributed by atoms with Gasteiger partial charge in [0.25, 0.3) is 5.91 Å². The van der Waals surface area contributed by atoms with Crippen molar-refractivity contribution >= 4 is 21.8 Å². The van der Waals surface area contributed by atoms with Crippen LogP contribution in [-0.2, 0) is 0 Å². The van der Waals surface area contributed by atoms with Gasteiger partial charge < -0.3 is 10.1 Å². The molecule has 0 aromatic heterocycles. The van der Waals surface area contributed by atoms with Gasteiger partial charge in [-0.2, -0.15) is 0 Å². The SMILES string of the molecule is COc1ccc(Br)c(C(=O)NC[C@@H]2CC[C@H](C)N2C)c1. The zero-order chi connectivity index (χ0) is 14.7. The minimum Gasteiger partial charge on any atom is -0.497 e. The second-order valence-electron chi connectivity index (χ2n) is 5.30. The van der Waals surface area contributed by atoms with Gasteiger partial charge in [-0.05, 0) is 60.9 Å². The van der Waals surface area contributed by atoms with Crippen LogP contribution in [-0.4, -0.2) is 43.6 Å². The Labute approximate surface area is 128 Å². The van der Waals surface area contributed by atoms with Crippen molar-refractivity contribution in [3.8, 4) is 5.75 Å². The van der Waals surface area contributed by atoms with E-state index in [0.717, 1.165) is 10.9 Å². The third-order valence-electron chi connectivity index (χ3n) is 4.11. The topological polar surface area (TPSA) is 41.6 Å². The van der Waals surface area contributed by atoms with E-state index in [0.29, 0.717) is 29.9 Å². The molecule has 0 spiro atoms. The first-order valence-corrected chi connectivity index (χ1v) is 7.66. The first kappa shape index (κ1) is 15.3. The Balaban J connectivity index is 1.98. The molecule has 2 rings (SSSR count). The Hall–Kier alpha value is -1.07. The normalized spacial score (nSPS) is 22.8. The number of carbonyl (C=O) groups excluding carboxylic acids is 1. The lowest BCUT2D eigenvalue weighted by molar-refractivity contribution is 0.0940. The van der Waals surface area contributed by atoms with Crippen LogP contribution in [0.4, 0.5) is 0 Å². The summed E-state index contributed by atoms with van der Waals surface area (Å²) < 4.78 is 5.94. The molecular weight excluding hydrogens is 320 g/mol. The minimum atomic E-state index is -0.0660. The number of ether oxygens (including phenoxy) is 1. The molecule has 2 atom stereocenters. The smallest absolute Gasteiger partial charge is 0.252 e. The highest BCUT2D eigenvalue weighted by Crippen LogP contribution is 2.23. The van der Waals surface area contributed by atoms with E-state index in [-0.39, 0.29) is 5.91 Å². The Bertz CT molecular complexity index is 493. The molecule has 0 radical (unpaired) electrons. The molecule has 1 fully saturated rings. The van der Waals surface area contributed by atoms with Gasteiger partial charge in [0.05, 0.1) is 12.7 Å². The summed E-state index contributed by atoms with van der Waals surface area (Å²) in [6.07, 6.45) is 2.33. The Kier molecular flexibility index (Phi) is 5.05. The van der Waals surface area contributed by atoms with Crippen LogP contribution in [0, 0.1) is 0 Å². The number of rotatable bonds is 4. The average Bonchev–Trinajstić information content (AvgIpc) is 2.77. The monoisotopic (exact) mass is 340 g/mol. The summed E-state index contributed by atoms with van der Waals surface area (Å²) >= 11 is 3.41. The molecular formula is C15H21BrN2O2. The van der Waals surface area contributed by atoms with Gasteiger partial charge in [0, 0.05) is 23.1 Å². The molecule has 0 saturated carbocycles. The van der Waals surface area contributed by atoms with Crippen molar-refractivity contribution in [2.24, 2.45) is 0 Å². The summed E-state index contributed by atoms with van der Waals surface area (Å²) in [5.41, 5.74) is 0.609. The zero-order valence-electron chi connectivity index (χ0n) is 12.1. The first-order chi connectivity index (χ1) is 9.52. The highest BCUT2D eigenvalue weighted by molar-refractivity contribution is 9.10. The maximum Gasteiger partial charge on any atom is 0.252 e. The molecule has 1 N–H and O–H groups in total. The predicted molar refractivity (Wildman–Crippen MR) is 83.3 cm³/mol. The standard InChI is InChI=1S/C15H21BrN2O2/c1-10-4-5-11(18(10)2)9-17-15(19)13-8-12(20-3)6-7-14(13)16/h6-8,10-11H,4-5,9H2,1-3H3,(H,17,19)/t10-,11-/m0/s1. The molecule has 1 aromatic carbocycles. The van der Waals surface area contributed by atoms with Gasteiger partial charge in [0.1, 0.15) is 5.75 Å². The zero-order valence-corrected chi connectivity index (χ0v) is 13.7. The Morgan fingerprint density at radius 3 is 2.85 bits per heavy atom. The van der Waals surface area contributed by atoms with Crippen molar-refractivity contribution in [1.82, 2.24) is 10.2 Å². The van der Waals surface area contributed by atoms with Crippen molar-refractivity contribution < 1.29 is 9.53 Å². The van der Waals surface area contributed by atoms with Gasteiger partial charge in [-0.15, -0.1) is 0 Å². The molecule has 0 bridgehead atoms. The molecule has 1 aliphatic rings. The Morgan fingerprint density at radius 2 is 2.25 bits per heavy atom. The lowest BCUT2D eigenvalue weighted by Crippen LogP contribution is -2.40. The van der Waals surface area contributed by atoms with Gasteiger partial charge in [0.2, 0.25) is 0 Å². The van der Waals surface area contributed by atoms with Crippen molar-refractivity contribution in [1.29, 1.82) is 0 Å². The molecule has 110 valence electrons. The minimum absolute atomic E-state index is 0.0660. The van der Waals surface area contributed by atoms with E-state index < -0.39 is 0 Å². The fraction of sp³-hybridized carbons (Fsp3) is 0.533. The molecule has 1 amide bonds. The van der Waals surface area contributed by atoms with E-state index in [4.69, 9.17) is 4.74 Å². The first-order valence-electron chi connectivity index (χ1n) is 6.86. The molecule has 5 heteroatoms. The summed E-state index contributed by atoms with van der Waals surface area (Å²) in [5, 5.41) is 3.02. The summed E-state index contributed by atoms with van der Waals surface area (Å²) in [5.74, 6) is 0.619. The molecule has 0 unspecified atom stereocenters. The maximum atomic E-state index is 12.3. The number of likely N-dealkylation sites (tertiary alicyclic amines) is 1. The van der Waals surface area contributed by atoms with Gasteiger partial charge in [-0.25, -0.2) is 0 Å². The van der Waals surface area contributed by atoms with Crippen molar-refractivity contribution in [3.63, 3.8) is 0 Å². The van der Waals surface area contributed by atoms with Crippen LogP contribution in [0.2, 0.25) is 0 Å². The number of hydrogen-bond acceptors (Lipinski definition) is 3. The van der Waals surface area contributed by atoms with Crippen LogP contribution < -0.4 is 10.1 Å². The van der Waals surface area contributed by atoms with E-state index in [2.05, 4.69) is 40.1 Å². The van der Waals surface area contributed by atoms with Gasteiger partial charge in [0.15, 0.2) is 0 Å².